The predicted molar refractivity (Wildman–Crippen MR) is 113 cm³/mol. The van der Waals surface area contributed by atoms with Crippen molar-refractivity contribution < 1.29 is 0 Å². The van der Waals surface area contributed by atoms with E-state index in [-0.39, 0.29) is 18.2 Å². The van der Waals surface area contributed by atoms with Crippen LogP contribution in [0, 0.1) is 0 Å². The van der Waals surface area contributed by atoms with Crippen molar-refractivity contribution in [2.24, 2.45) is 5.73 Å². The third kappa shape index (κ3) is 5.26. The number of piperazine rings is 1. The second kappa shape index (κ2) is 9.73. The molecule has 3 N–H and O–H groups in total. The average Bonchev–Trinajstić information content (AvgIpc) is 3.29. The van der Waals surface area contributed by atoms with Crippen LogP contribution in [-0.4, -0.2) is 50.4 Å². The lowest BCUT2D eigenvalue weighted by Gasteiger charge is -2.44. The van der Waals surface area contributed by atoms with Crippen LogP contribution in [0.2, 0.25) is 0 Å². The lowest BCUT2D eigenvalue weighted by Crippen LogP contribution is -2.63. The van der Waals surface area contributed by atoms with Crippen LogP contribution >= 0.6 is 0 Å². The fourth-order valence-electron chi connectivity index (χ4n) is 4.07. The van der Waals surface area contributed by atoms with Crippen LogP contribution in [0.4, 0.5) is 0 Å². The van der Waals surface area contributed by atoms with Gasteiger partial charge in [-0.3, -0.25) is 4.90 Å². The SMILES string of the molecule is NC1C(CCc2ccccc2)NC(c2ccccc2)CN1CCCn1ncnn1. The number of rotatable bonds is 8. The summed E-state index contributed by atoms with van der Waals surface area (Å²) in [5.74, 6) is 0. The predicted octanol–water partition coefficient (Wildman–Crippen LogP) is 2.00. The molecule has 1 aliphatic heterocycles. The van der Waals surface area contributed by atoms with E-state index in [4.69, 9.17) is 5.73 Å². The quantitative estimate of drug-likeness (QED) is 0.611. The van der Waals surface area contributed by atoms with Crippen LogP contribution in [0.5, 0.6) is 0 Å². The van der Waals surface area contributed by atoms with Crippen LogP contribution in [0.3, 0.4) is 0 Å². The molecule has 4 rings (SSSR count). The highest BCUT2D eigenvalue weighted by Gasteiger charge is 2.33. The fourth-order valence-corrected chi connectivity index (χ4v) is 4.07. The third-order valence-corrected chi connectivity index (χ3v) is 5.65. The van der Waals surface area contributed by atoms with Crippen molar-refractivity contribution in [1.29, 1.82) is 0 Å². The highest BCUT2D eigenvalue weighted by Crippen LogP contribution is 2.24. The summed E-state index contributed by atoms with van der Waals surface area (Å²) in [5, 5.41) is 15.6. The van der Waals surface area contributed by atoms with E-state index in [9.17, 15) is 0 Å². The van der Waals surface area contributed by atoms with Crippen LogP contribution in [0.15, 0.2) is 67.0 Å². The molecule has 29 heavy (non-hydrogen) atoms. The second-order valence-corrected chi connectivity index (χ2v) is 7.63. The first kappa shape index (κ1) is 19.7. The average molecular weight is 392 g/mol. The Morgan fingerprint density at radius 3 is 2.48 bits per heavy atom. The molecule has 0 bridgehead atoms. The molecule has 0 aliphatic carbocycles. The Morgan fingerprint density at radius 1 is 1.00 bits per heavy atom. The summed E-state index contributed by atoms with van der Waals surface area (Å²) in [4.78, 5) is 4.04. The molecular weight excluding hydrogens is 362 g/mol. The van der Waals surface area contributed by atoms with E-state index in [1.807, 2.05) is 0 Å². The van der Waals surface area contributed by atoms with E-state index in [0.29, 0.717) is 0 Å². The molecule has 1 saturated heterocycles. The van der Waals surface area contributed by atoms with Gasteiger partial charge < -0.3 is 11.1 Å². The molecule has 0 amide bonds. The van der Waals surface area contributed by atoms with Gasteiger partial charge in [-0.05, 0) is 35.6 Å². The Morgan fingerprint density at radius 2 is 1.76 bits per heavy atom. The van der Waals surface area contributed by atoms with Crippen molar-refractivity contribution >= 4 is 0 Å². The Bertz CT molecular complexity index is 838. The number of nitrogens with two attached hydrogens (primary N) is 1. The van der Waals surface area contributed by atoms with Crippen molar-refractivity contribution in [3.05, 3.63) is 78.1 Å². The largest absolute Gasteiger partial charge is 0.314 e. The molecule has 1 aliphatic rings. The van der Waals surface area contributed by atoms with E-state index < -0.39 is 0 Å². The topological polar surface area (TPSA) is 84.9 Å². The zero-order valence-electron chi connectivity index (χ0n) is 16.6. The first-order valence-corrected chi connectivity index (χ1v) is 10.3. The zero-order chi connectivity index (χ0) is 19.9. The van der Waals surface area contributed by atoms with Gasteiger partial charge in [0.2, 0.25) is 0 Å². The lowest BCUT2D eigenvalue weighted by atomic mass is 9.95. The maximum atomic E-state index is 6.70. The van der Waals surface area contributed by atoms with Crippen molar-refractivity contribution in [2.45, 2.75) is 44.1 Å². The summed E-state index contributed by atoms with van der Waals surface area (Å²) in [6.07, 6.45) is 4.43. The Labute approximate surface area is 171 Å². The summed E-state index contributed by atoms with van der Waals surface area (Å²) in [5.41, 5.74) is 9.37. The third-order valence-electron chi connectivity index (χ3n) is 5.65. The molecule has 3 atom stereocenters. The zero-order valence-corrected chi connectivity index (χ0v) is 16.6. The molecule has 7 heteroatoms. The number of benzene rings is 2. The molecule has 152 valence electrons. The van der Waals surface area contributed by atoms with Gasteiger partial charge in [0.25, 0.3) is 0 Å². The summed E-state index contributed by atoms with van der Waals surface area (Å²) >= 11 is 0. The number of tetrazole rings is 1. The highest BCUT2D eigenvalue weighted by molar-refractivity contribution is 5.21. The smallest absolute Gasteiger partial charge is 0.162 e. The standard InChI is InChI=1S/C22H29N7/c23-22-20(13-12-18-8-3-1-4-9-18)26-21(19-10-5-2-6-11-19)16-28(22)14-7-15-29-25-17-24-27-29/h1-6,8-11,17,20-22,26H,7,12-16,23H2. The number of aromatic nitrogens is 4. The minimum absolute atomic E-state index is 0.0117. The molecule has 2 aromatic carbocycles. The maximum absolute atomic E-state index is 6.70. The fraction of sp³-hybridized carbons (Fsp3) is 0.409. The first-order valence-electron chi connectivity index (χ1n) is 10.3. The molecule has 3 unspecified atom stereocenters. The van der Waals surface area contributed by atoms with Gasteiger partial charge in [-0.25, -0.2) is 0 Å². The van der Waals surface area contributed by atoms with E-state index in [1.165, 1.54) is 17.5 Å². The Kier molecular flexibility index (Phi) is 6.61. The molecule has 0 saturated carbocycles. The van der Waals surface area contributed by atoms with E-state index in [1.54, 1.807) is 4.80 Å². The van der Waals surface area contributed by atoms with Crippen molar-refractivity contribution in [3.63, 3.8) is 0 Å². The Balaban J connectivity index is 1.42. The van der Waals surface area contributed by atoms with Gasteiger partial charge in [-0.1, -0.05) is 60.7 Å². The summed E-state index contributed by atoms with van der Waals surface area (Å²) in [6.45, 7) is 2.56. The van der Waals surface area contributed by atoms with Crippen LogP contribution in [0.25, 0.3) is 0 Å². The van der Waals surface area contributed by atoms with E-state index >= 15 is 0 Å². The van der Waals surface area contributed by atoms with Crippen molar-refractivity contribution in [3.8, 4) is 0 Å². The van der Waals surface area contributed by atoms with Crippen LogP contribution in [-0.2, 0) is 13.0 Å². The van der Waals surface area contributed by atoms with Crippen LogP contribution in [0.1, 0.15) is 30.0 Å². The Hall–Kier alpha value is -2.61. The maximum Gasteiger partial charge on any atom is 0.162 e. The number of aryl methyl sites for hydroxylation is 2. The van der Waals surface area contributed by atoms with Gasteiger partial charge in [0, 0.05) is 25.2 Å². The van der Waals surface area contributed by atoms with Gasteiger partial charge in [-0.15, -0.1) is 10.2 Å². The molecular formula is C22H29N7. The monoisotopic (exact) mass is 391 g/mol. The summed E-state index contributed by atoms with van der Waals surface area (Å²) < 4.78 is 0. The lowest BCUT2D eigenvalue weighted by molar-refractivity contribution is 0.0850. The minimum Gasteiger partial charge on any atom is -0.314 e. The van der Waals surface area contributed by atoms with Gasteiger partial charge in [-0.2, -0.15) is 4.80 Å². The molecule has 7 nitrogen and oxygen atoms in total. The highest BCUT2D eigenvalue weighted by atomic mass is 15.6. The number of hydrogen-bond donors (Lipinski definition) is 2. The summed E-state index contributed by atoms with van der Waals surface area (Å²) in [7, 11) is 0. The first-order chi connectivity index (χ1) is 14.3. The minimum atomic E-state index is -0.0117. The molecule has 1 aromatic heterocycles. The number of nitrogens with one attached hydrogen (secondary N) is 1. The summed E-state index contributed by atoms with van der Waals surface area (Å²) in [6, 6.07) is 21.8. The van der Waals surface area contributed by atoms with Crippen LogP contribution < -0.4 is 11.1 Å². The van der Waals surface area contributed by atoms with Gasteiger partial charge in [0.15, 0.2) is 6.33 Å². The molecule has 3 aromatic rings. The van der Waals surface area contributed by atoms with Crippen molar-refractivity contribution in [2.75, 3.05) is 13.1 Å². The van der Waals surface area contributed by atoms with Gasteiger partial charge >= 0.3 is 0 Å². The second-order valence-electron chi connectivity index (χ2n) is 7.63. The van der Waals surface area contributed by atoms with Gasteiger partial charge in [0.1, 0.15) is 0 Å². The molecule has 0 radical (unpaired) electrons. The van der Waals surface area contributed by atoms with E-state index in [2.05, 4.69) is 86.3 Å². The van der Waals surface area contributed by atoms with Crippen molar-refractivity contribution in [1.82, 2.24) is 30.4 Å². The van der Waals surface area contributed by atoms with Gasteiger partial charge in [0.05, 0.1) is 12.7 Å². The molecule has 1 fully saturated rings. The normalized spacial score (nSPS) is 22.6. The number of nitrogens with zero attached hydrogens (tertiary/aromatic N) is 5. The molecule has 2 heterocycles. The van der Waals surface area contributed by atoms with E-state index in [0.717, 1.165) is 38.9 Å². The number of hydrogen-bond acceptors (Lipinski definition) is 6. The molecule has 0 spiro atoms.